The number of piperidine rings is 1. The largest absolute Gasteiger partial charge is 0.497 e. The number of ether oxygens (including phenoxy) is 1. The van der Waals surface area contributed by atoms with Crippen molar-refractivity contribution in [2.24, 2.45) is 0 Å². The van der Waals surface area contributed by atoms with Crippen LogP contribution in [0.25, 0.3) is 0 Å². The van der Waals surface area contributed by atoms with Gasteiger partial charge >= 0.3 is 0 Å². The molecule has 0 aliphatic carbocycles. The normalized spacial score (nSPS) is 17.7. The number of hydrogen-bond donors (Lipinski definition) is 1. The van der Waals surface area contributed by atoms with Crippen molar-refractivity contribution >= 4 is 10.0 Å². The molecule has 27 heavy (non-hydrogen) atoms. The van der Waals surface area contributed by atoms with E-state index in [4.69, 9.17) is 9.26 Å². The summed E-state index contributed by atoms with van der Waals surface area (Å²) in [6.45, 7) is 2.92. The lowest BCUT2D eigenvalue weighted by atomic mass is 9.98. The Bertz CT molecular complexity index is 843. The highest BCUT2D eigenvalue weighted by Gasteiger charge is 2.32. The fourth-order valence-corrected chi connectivity index (χ4v) is 4.60. The smallest absolute Gasteiger partial charge is 0.243 e. The van der Waals surface area contributed by atoms with E-state index in [1.165, 1.54) is 4.31 Å². The van der Waals surface area contributed by atoms with Gasteiger partial charge in [-0.15, -0.1) is 0 Å². The van der Waals surface area contributed by atoms with Crippen molar-refractivity contribution in [1.82, 2.24) is 19.8 Å². The third kappa shape index (κ3) is 4.48. The van der Waals surface area contributed by atoms with E-state index < -0.39 is 10.0 Å². The Hall–Kier alpha value is -1.97. The third-order valence-electron chi connectivity index (χ3n) is 4.97. The van der Waals surface area contributed by atoms with Crippen LogP contribution in [0.2, 0.25) is 0 Å². The number of rotatable bonds is 7. The van der Waals surface area contributed by atoms with E-state index in [0.717, 1.165) is 0 Å². The molecule has 0 spiro atoms. The first-order chi connectivity index (χ1) is 12.9. The molecular formula is C18H26N4O4S. The van der Waals surface area contributed by atoms with Gasteiger partial charge in [-0.2, -0.15) is 9.29 Å². The lowest BCUT2D eigenvalue weighted by molar-refractivity contribution is 0.270. The summed E-state index contributed by atoms with van der Waals surface area (Å²) in [7, 11) is -0.0581. The average molecular weight is 394 g/mol. The Balaban J connectivity index is 1.62. The summed E-state index contributed by atoms with van der Waals surface area (Å²) in [6.07, 6.45) is 2.03. The summed E-state index contributed by atoms with van der Waals surface area (Å²) < 4.78 is 37.6. The van der Waals surface area contributed by atoms with Crippen molar-refractivity contribution in [1.29, 1.82) is 0 Å². The maximum Gasteiger partial charge on any atom is 0.243 e. The van der Waals surface area contributed by atoms with Crippen LogP contribution in [-0.4, -0.2) is 56.2 Å². The Morgan fingerprint density at radius 3 is 2.56 bits per heavy atom. The minimum absolute atomic E-state index is 0.0958. The van der Waals surface area contributed by atoms with E-state index >= 15 is 0 Å². The summed E-state index contributed by atoms with van der Waals surface area (Å²) in [5.41, 5.74) is 0. The molecule has 0 saturated carbocycles. The van der Waals surface area contributed by atoms with Crippen molar-refractivity contribution in [3.63, 3.8) is 0 Å². The Morgan fingerprint density at radius 1 is 1.30 bits per heavy atom. The van der Waals surface area contributed by atoms with E-state index in [2.05, 4.69) is 22.4 Å². The summed E-state index contributed by atoms with van der Waals surface area (Å²) >= 11 is 0. The molecule has 2 heterocycles. The van der Waals surface area contributed by atoms with Crippen LogP contribution in [0.15, 0.2) is 33.7 Å². The number of methoxy groups -OCH3 is 1. The molecule has 1 saturated heterocycles. The third-order valence-corrected chi connectivity index (χ3v) is 6.88. The molecule has 1 aliphatic rings. The van der Waals surface area contributed by atoms with Crippen molar-refractivity contribution in [2.45, 2.75) is 43.0 Å². The van der Waals surface area contributed by atoms with Gasteiger partial charge in [-0.1, -0.05) is 5.16 Å². The van der Waals surface area contributed by atoms with E-state index in [9.17, 15) is 8.42 Å². The molecule has 8 nitrogen and oxygen atoms in total. The highest BCUT2D eigenvalue weighted by atomic mass is 32.2. The van der Waals surface area contributed by atoms with Crippen LogP contribution in [0.4, 0.5) is 0 Å². The summed E-state index contributed by atoms with van der Waals surface area (Å²) in [5.74, 6) is 2.01. The summed E-state index contributed by atoms with van der Waals surface area (Å²) in [4.78, 5) is 4.77. The molecule has 0 amide bonds. The molecule has 1 N–H and O–H groups in total. The summed E-state index contributed by atoms with van der Waals surface area (Å²) in [5, 5.41) is 7.19. The Labute approximate surface area is 160 Å². The zero-order valence-electron chi connectivity index (χ0n) is 15.9. The molecule has 1 aromatic carbocycles. The van der Waals surface area contributed by atoms with Crippen molar-refractivity contribution in [2.75, 3.05) is 27.2 Å². The number of sulfonamides is 1. The molecule has 1 fully saturated rings. The predicted octanol–water partition coefficient (Wildman–Crippen LogP) is 1.80. The first kappa shape index (κ1) is 19.8. The summed E-state index contributed by atoms with van der Waals surface area (Å²) in [6, 6.07) is 6.74. The van der Waals surface area contributed by atoms with Crippen molar-refractivity contribution in [3.05, 3.63) is 36.0 Å². The van der Waals surface area contributed by atoms with Gasteiger partial charge in [-0.05, 0) is 51.1 Å². The minimum atomic E-state index is -3.50. The topological polar surface area (TPSA) is 97.6 Å². The number of nitrogens with one attached hydrogen (secondary N) is 1. The molecule has 9 heteroatoms. The van der Waals surface area contributed by atoms with Crippen molar-refractivity contribution in [3.8, 4) is 5.75 Å². The number of benzene rings is 1. The molecule has 148 valence electrons. The molecule has 1 aromatic heterocycles. The molecule has 2 aromatic rings. The maximum atomic E-state index is 12.8. The van der Waals surface area contributed by atoms with Crippen LogP contribution >= 0.6 is 0 Å². The molecule has 0 bridgehead atoms. The molecule has 0 radical (unpaired) electrons. The van der Waals surface area contributed by atoms with Gasteiger partial charge < -0.3 is 14.6 Å². The quantitative estimate of drug-likeness (QED) is 0.765. The number of aromatic nitrogens is 2. The number of hydrogen-bond acceptors (Lipinski definition) is 7. The van der Waals surface area contributed by atoms with E-state index in [-0.39, 0.29) is 16.9 Å². The lowest BCUT2D eigenvalue weighted by Crippen LogP contribution is -2.37. The number of likely N-dealkylation sites (N-methyl/N-ethyl adjacent to an activating group) is 1. The van der Waals surface area contributed by atoms with Gasteiger partial charge in [0.15, 0.2) is 5.82 Å². The second-order valence-electron chi connectivity index (χ2n) is 6.80. The van der Waals surface area contributed by atoms with Gasteiger partial charge in [-0.25, -0.2) is 8.42 Å². The zero-order chi connectivity index (χ0) is 19.4. The van der Waals surface area contributed by atoms with Gasteiger partial charge in [0, 0.05) is 31.5 Å². The molecule has 1 atom stereocenters. The predicted molar refractivity (Wildman–Crippen MR) is 100 cm³/mol. The Kier molecular flexibility index (Phi) is 6.13. The van der Waals surface area contributed by atoms with E-state index in [1.54, 1.807) is 31.4 Å². The lowest BCUT2D eigenvalue weighted by Gasteiger charge is -2.29. The van der Waals surface area contributed by atoms with Crippen LogP contribution < -0.4 is 10.1 Å². The second kappa shape index (κ2) is 8.37. The maximum absolute atomic E-state index is 12.8. The standard InChI is InChI=1S/C18H26N4O4S/c1-13(19-2)12-17-20-18(26-21-17)14-8-10-22(11-9-14)27(23,24)16-6-4-15(25-3)5-7-16/h4-7,13-14,19H,8-12H2,1-3H3. The number of nitrogens with zero attached hydrogens (tertiary/aromatic N) is 3. The SMILES string of the molecule is CNC(C)Cc1noc(C2CCN(S(=O)(=O)c3ccc(OC)cc3)CC2)n1. The van der Waals surface area contributed by atoms with Crippen molar-refractivity contribution < 1.29 is 17.7 Å². The molecule has 1 unspecified atom stereocenters. The first-order valence-electron chi connectivity index (χ1n) is 9.08. The second-order valence-corrected chi connectivity index (χ2v) is 8.73. The van der Waals surface area contributed by atoms with Gasteiger partial charge in [0.1, 0.15) is 5.75 Å². The highest BCUT2D eigenvalue weighted by molar-refractivity contribution is 7.89. The van der Waals surface area contributed by atoms with Crippen LogP contribution in [0.3, 0.4) is 0 Å². The van der Waals surface area contributed by atoms with Crippen LogP contribution in [0.1, 0.15) is 37.4 Å². The van der Waals surface area contributed by atoms with Crippen LogP contribution in [0.5, 0.6) is 5.75 Å². The van der Waals surface area contributed by atoms with Gasteiger partial charge in [0.05, 0.1) is 12.0 Å². The van der Waals surface area contributed by atoms with Gasteiger partial charge in [0.2, 0.25) is 15.9 Å². The first-order valence-corrected chi connectivity index (χ1v) is 10.5. The molecule has 3 rings (SSSR count). The fourth-order valence-electron chi connectivity index (χ4n) is 3.13. The monoisotopic (exact) mass is 394 g/mol. The minimum Gasteiger partial charge on any atom is -0.497 e. The van der Waals surface area contributed by atoms with E-state index in [1.807, 2.05) is 7.05 Å². The molecular weight excluding hydrogens is 368 g/mol. The highest BCUT2D eigenvalue weighted by Crippen LogP contribution is 2.30. The molecule has 1 aliphatic heterocycles. The van der Waals surface area contributed by atoms with E-state index in [0.29, 0.717) is 49.8 Å². The fraction of sp³-hybridized carbons (Fsp3) is 0.556. The van der Waals surface area contributed by atoms with Gasteiger partial charge in [0.25, 0.3) is 0 Å². The van der Waals surface area contributed by atoms with Gasteiger partial charge in [-0.3, -0.25) is 0 Å². The van der Waals surface area contributed by atoms with Crippen LogP contribution in [-0.2, 0) is 16.4 Å². The van der Waals surface area contributed by atoms with Crippen LogP contribution in [0, 0.1) is 0 Å². The Morgan fingerprint density at radius 2 is 1.96 bits per heavy atom. The zero-order valence-corrected chi connectivity index (χ0v) is 16.7. The average Bonchev–Trinajstić information content (AvgIpc) is 3.16.